The molecule has 2 aromatic rings. The Kier molecular flexibility index (Phi) is 5.91. The third-order valence-electron chi connectivity index (χ3n) is 6.38. The average Bonchev–Trinajstić information content (AvgIpc) is 3.14. The number of aromatic nitrogens is 1. The molecule has 1 aromatic carbocycles. The number of aromatic amines is 1. The van der Waals surface area contributed by atoms with Crippen molar-refractivity contribution in [2.24, 2.45) is 11.8 Å². The van der Waals surface area contributed by atoms with Crippen molar-refractivity contribution in [3.05, 3.63) is 35.2 Å². The van der Waals surface area contributed by atoms with E-state index in [1.54, 1.807) is 14.2 Å². The summed E-state index contributed by atoms with van der Waals surface area (Å²) < 4.78 is 21.5. The van der Waals surface area contributed by atoms with E-state index in [-0.39, 0.29) is 30.1 Å². The van der Waals surface area contributed by atoms with Gasteiger partial charge in [0.15, 0.2) is 17.3 Å². The molecule has 2 aliphatic heterocycles. The molecule has 8 nitrogen and oxygen atoms in total. The Morgan fingerprint density at radius 3 is 2.61 bits per heavy atom. The zero-order chi connectivity index (χ0) is 22.1. The van der Waals surface area contributed by atoms with Crippen LogP contribution in [0.3, 0.4) is 0 Å². The zero-order valence-electron chi connectivity index (χ0n) is 18.2. The summed E-state index contributed by atoms with van der Waals surface area (Å²) in [7, 11) is 4.52. The molecular formula is C23H28N2O6. The number of Topliss-reactive ketones (excluding diaryl/α,β-unsaturated/α-hetero) is 1. The second-order valence-electron chi connectivity index (χ2n) is 7.99. The lowest BCUT2D eigenvalue weighted by Crippen LogP contribution is -2.43. The van der Waals surface area contributed by atoms with E-state index in [0.29, 0.717) is 42.3 Å². The molecule has 4 rings (SSSR count). The van der Waals surface area contributed by atoms with E-state index in [1.165, 1.54) is 13.4 Å². The van der Waals surface area contributed by atoms with E-state index >= 15 is 0 Å². The minimum absolute atomic E-state index is 0.0193. The first-order chi connectivity index (χ1) is 15.0. The van der Waals surface area contributed by atoms with Gasteiger partial charge in [-0.25, -0.2) is 4.79 Å². The predicted octanol–water partition coefficient (Wildman–Crippen LogP) is 2.61. The van der Waals surface area contributed by atoms with Gasteiger partial charge in [-0.3, -0.25) is 4.79 Å². The second kappa shape index (κ2) is 8.63. The van der Waals surface area contributed by atoms with Gasteiger partial charge in [0.1, 0.15) is 0 Å². The zero-order valence-corrected chi connectivity index (χ0v) is 18.2. The monoisotopic (exact) mass is 428 g/mol. The van der Waals surface area contributed by atoms with Crippen molar-refractivity contribution in [2.75, 3.05) is 34.4 Å². The third kappa shape index (κ3) is 3.76. The molecule has 0 spiro atoms. The number of ether oxygens (including phenoxy) is 4. The molecule has 0 saturated heterocycles. The largest absolute Gasteiger partial charge is 0.497 e. The van der Waals surface area contributed by atoms with Crippen molar-refractivity contribution in [3.8, 4) is 11.5 Å². The fourth-order valence-corrected chi connectivity index (χ4v) is 4.67. The molecule has 0 saturated carbocycles. The standard InChI is InChI=1S/C23H28N2O6/c1-12-16-10-24-6-5-13-15-8-20(28-2)21(29-3)9-18(15)25-22(13)19(26)7-14(16)17(11-31-12)23(27)30-4/h8-9,11-12,14,16,24-25H,5-7,10H2,1-4H3/t12-,14-,16+/m0/s1. The summed E-state index contributed by atoms with van der Waals surface area (Å²) in [6.07, 6.45) is 2.21. The van der Waals surface area contributed by atoms with Gasteiger partial charge < -0.3 is 29.2 Å². The van der Waals surface area contributed by atoms with Crippen molar-refractivity contribution in [1.29, 1.82) is 0 Å². The van der Waals surface area contributed by atoms with Crippen molar-refractivity contribution in [3.63, 3.8) is 0 Å². The number of benzene rings is 1. The Bertz CT molecular complexity index is 1040. The van der Waals surface area contributed by atoms with E-state index < -0.39 is 5.97 Å². The van der Waals surface area contributed by atoms with Crippen molar-refractivity contribution in [2.45, 2.75) is 25.9 Å². The molecule has 0 unspecified atom stereocenters. The summed E-state index contributed by atoms with van der Waals surface area (Å²) in [6, 6.07) is 3.75. The molecule has 3 atom stereocenters. The fourth-order valence-electron chi connectivity index (χ4n) is 4.67. The molecule has 0 aliphatic carbocycles. The summed E-state index contributed by atoms with van der Waals surface area (Å²) in [4.78, 5) is 29.2. The Labute approximate surface area is 180 Å². The lowest BCUT2D eigenvalue weighted by molar-refractivity contribution is -0.138. The van der Waals surface area contributed by atoms with Crippen LogP contribution in [0, 0.1) is 11.8 Å². The number of nitrogens with one attached hydrogen (secondary N) is 2. The maximum atomic E-state index is 13.5. The van der Waals surface area contributed by atoms with Crippen LogP contribution in [0.4, 0.5) is 0 Å². The van der Waals surface area contributed by atoms with Crippen LogP contribution in [0.2, 0.25) is 0 Å². The van der Waals surface area contributed by atoms with Gasteiger partial charge in [-0.05, 0) is 31.5 Å². The second-order valence-corrected chi connectivity index (χ2v) is 7.99. The minimum Gasteiger partial charge on any atom is -0.497 e. The minimum atomic E-state index is -0.460. The third-order valence-corrected chi connectivity index (χ3v) is 6.38. The molecule has 1 aromatic heterocycles. The predicted molar refractivity (Wildman–Crippen MR) is 115 cm³/mol. The molecule has 2 N–H and O–H groups in total. The van der Waals surface area contributed by atoms with Crippen LogP contribution in [-0.4, -0.2) is 57.3 Å². The number of esters is 1. The molecule has 0 bridgehead atoms. The van der Waals surface area contributed by atoms with Crippen molar-refractivity contribution in [1.82, 2.24) is 10.3 Å². The highest BCUT2D eigenvalue weighted by atomic mass is 16.5. The van der Waals surface area contributed by atoms with Crippen LogP contribution >= 0.6 is 0 Å². The van der Waals surface area contributed by atoms with Crippen molar-refractivity contribution >= 4 is 22.7 Å². The SMILES string of the molecule is COC(=O)C1=CO[C@@H](C)[C@H]2CNCCc3c([nH]c4cc(OC)c(OC)cc34)C(=O)C[C@H]12. The molecule has 31 heavy (non-hydrogen) atoms. The van der Waals surface area contributed by atoms with Gasteiger partial charge in [-0.15, -0.1) is 0 Å². The maximum Gasteiger partial charge on any atom is 0.337 e. The van der Waals surface area contributed by atoms with Gasteiger partial charge in [-0.2, -0.15) is 0 Å². The number of hydrogen-bond donors (Lipinski definition) is 2. The van der Waals surface area contributed by atoms with E-state index in [1.807, 2.05) is 19.1 Å². The Morgan fingerprint density at radius 1 is 1.16 bits per heavy atom. The van der Waals surface area contributed by atoms with Crippen LogP contribution in [0.25, 0.3) is 10.9 Å². The van der Waals surface area contributed by atoms with Crippen LogP contribution in [-0.2, 0) is 20.7 Å². The highest BCUT2D eigenvalue weighted by molar-refractivity contribution is 6.03. The number of methoxy groups -OCH3 is 3. The number of hydrogen-bond acceptors (Lipinski definition) is 7. The Hall–Kier alpha value is -3.00. The van der Waals surface area contributed by atoms with Gasteiger partial charge >= 0.3 is 5.97 Å². The summed E-state index contributed by atoms with van der Waals surface area (Å²) >= 11 is 0. The lowest BCUT2D eigenvalue weighted by atomic mass is 9.77. The number of ketones is 1. The highest BCUT2D eigenvalue weighted by Crippen LogP contribution is 2.38. The molecule has 3 heterocycles. The Morgan fingerprint density at radius 2 is 1.90 bits per heavy atom. The molecule has 166 valence electrons. The Balaban J connectivity index is 1.78. The van der Waals surface area contributed by atoms with Gasteiger partial charge in [0.25, 0.3) is 0 Å². The van der Waals surface area contributed by atoms with E-state index in [4.69, 9.17) is 18.9 Å². The van der Waals surface area contributed by atoms with Crippen LogP contribution < -0.4 is 14.8 Å². The van der Waals surface area contributed by atoms with Gasteiger partial charge in [0.2, 0.25) is 0 Å². The van der Waals surface area contributed by atoms with E-state index in [0.717, 1.165) is 16.5 Å². The molecule has 0 radical (unpaired) electrons. The van der Waals surface area contributed by atoms with Gasteiger partial charge in [-0.1, -0.05) is 0 Å². The van der Waals surface area contributed by atoms with Gasteiger partial charge in [0, 0.05) is 36.3 Å². The number of carbonyl (C=O) groups is 2. The average molecular weight is 428 g/mol. The maximum absolute atomic E-state index is 13.5. The number of fused-ring (bicyclic) bond motifs is 4. The normalized spacial score (nSPS) is 23.8. The number of rotatable bonds is 3. The van der Waals surface area contributed by atoms with Gasteiger partial charge in [0.05, 0.1) is 50.5 Å². The first kappa shape index (κ1) is 21.2. The molecule has 2 aliphatic rings. The van der Waals surface area contributed by atoms with Crippen LogP contribution in [0.15, 0.2) is 24.0 Å². The smallest absolute Gasteiger partial charge is 0.337 e. The lowest BCUT2D eigenvalue weighted by Gasteiger charge is -2.36. The van der Waals surface area contributed by atoms with Crippen molar-refractivity contribution < 1.29 is 28.5 Å². The fraction of sp³-hybridized carbons (Fsp3) is 0.478. The highest BCUT2D eigenvalue weighted by Gasteiger charge is 2.39. The summed E-state index contributed by atoms with van der Waals surface area (Å²) in [5.41, 5.74) is 2.73. The van der Waals surface area contributed by atoms with E-state index in [9.17, 15) is 9.59 Å². The van der Waals surface area contributed by atoms with Crippen LogP contribution in [0.5, 0.6) is 11.5 Å². The molecular weight excluding hydrogens is 400 g/mol. The first-order valence-electron chi connectivity index (χ1n) is 10.4. The summed E-state index contributed by atoms with van der Waals surface area (Å²) in [5.74, 6) is 0.400. The molecule has 0 amide bonds. The number of carbonyl (C=O) groups excluding carboxylic acids is 2. The molecule has 0 fully saturated rings. The van der Waals surface area contributed by atoms with Crippen LogP contribution in [0.1, 0.15) is 29.4 Å². The molecule has 8 heteroatoms. The first-order valence-corrected chi connectivity index (χ1v) is 10.4. The number of H-pyrrole nitrogens is 1. The van der Waals surface area contributed by atoms with E-state index in [2.05, 4.69) is 10.3 Å². The summed E-state index contributed by atoms with van der Waals surface area (Å²) in [6.45, 7) is 3.30. The topological polar surface area (TPSA) is 98.9 Å². The quantitative estimate of drug-likeness (QED) is 0.725. The summed E-state index contributed by atoms with van der Waals surface area (Å²) in [5, 5.41) is 4.42.